The van der Waals surface area contributed by atoms with E-state index in [0.717, 1.165) is 18.8 Å². The van der Waals surface area contributed by atoms with Crippen molar-refractivity contribution < 1.29 is 14.3 Å². The van der Waals surface area contributed by atoms with Crippen LogP contribution in [0.5, 0.6) is 0 Å². The average molecular weight is 435 g/mol. The van der Waals surface area contributed by atoms with Crippen LogP contribution >= 0.6 is 0 Å². The Morgan fingerprint density at radius 2 is 1.81 bits per heavy atom. The number of ether oxygens (including phenoxy) is 1. The standard InChI is InChI=1S/C23H25N5O4/c1-2-32-20(29)16-24-19-15-25-21-18(9-6-10-28(21)23(19)31)22(30)27-13-11-26(12-14-27)17-7-4-3-5-8-17/h3-10,15,24H,2,11-14,16H2,1H3. The number of carbonyl (C=O) groups excluding carboxylic acids is 2. The van der Waals surface area contributed by atoms with Crippen LogP contribution in [0.3, 0.4) is 0 Å². The van der Waals surface area contributed by atoms with Gasteiger partial charge in [-0.25, -0.2) is 4.98 Å². The predicted molar refractivity (Wildman–Crippen MR) is 121 cm³/mol. The highest BCUT2D eigenvalue weighted by atomic mass is 16.5. The smallest absolute Gasteiger partial charge is 0.325 e. The number of aromatic nitrogens is 2. The molecule has 0 spiro atoms. The highest BCUT2D eigenvalue weighted by Crippen LogP contribution is 2.18. The molecule has 1 fully saturated rings. The van der Waals surface area contributed by atoms with Gasteiger partial charge in [0.2, 0.25) is 0 Å². The molecule has 1 aliphatic rings. The largest absolute Gasteiger partial charge is 0.465 e. The fourth-order valence-electron chi connectivity index (χ4n) is 3.75. The highest BCUT2D eigenvalue weighted by Gasteiger charge is 2.24. The molecule has 0 saturated carbocycles. The number of piperazine rings is 1. The van der Waals surface area contributed by atoms with Crippen molar-refractivity contribution in [3.05, 3.63) is 70.8 Å². The van der Waals surface area contributed by atoms with E-state index in [-0.39, 0.29) is 36.0 Å². The molecule has 0 aliphatic carbocycles. The summed E-state index contributed by atoms with van der Waals surface area (Å²) < 4.78 is 6.18. The Labute approximate surface area is 185 Å². The highest BCUT2D eigenvalue weighted by molar-refractivity contribution is 6.00. The van der Waals surface area contributed by atoms with Crippen molar-refractivity contribution in [3.8, 4) is 0 Å². The molecule has 32 heavy (non-hydrogen) atoms. The topological polar surface area (TPSA) is 96.2 Å². The van der Waals surface area contributed by atoms with E-state index >= 15 is 0 Å². The summed E-state index contributed by atoms with van der Waals surface area (Å²) in [5, 5.41) is 2.75. The molecule has 9 nitrogen and oxygen atoms in total. The first-order valence-corrected chi connectivity index (χ1v) is 10.6. The lowest BCUT2D eigenvalue weighted by atomic mass is 10.2. The summed E-state index contributed by atoms with van der Waals surface area (Å²) in [6, 6.07) is 13.4. The second kappa shape index (κ2) is 9.51. The lowest BCUT2D eigenvalue weighted by molar-refractivity contribution is -0.140. The van der Waals surface area contributed by atoms with Crippen LogP contribution in [0.15, 0.2) is 59.7 Å². The number of carbonyl (C=O) groups is 2. The molecular weight excluding hydrogens is 410 g/mol. The van der Waals surface area contributed by atoms with Crippen LogP contribution < -0.4 is 15.8 Å². The Hall–Kier alpha value is -3.88. The van der Waals surface area contributed by atoms with Crippen LogP contribution in [0.1, 0.15) is 17.3 Å². The molecule has 1 N–H and O–H groups in total. The van der Waals surface area contributed by atoms with Crippen molar-refractivity contribution in [1.82, 2.24) is 14.3 Å². The van der Waals surface area contributed by atoms with Crippen LogP contribution in [0.25, 0.3) is 5.65 Å². The van der Waals surface area contributed by atoms with E-state index in [2.05, 4.69) is 27.3 Å². The van der Waals surface area contributed by atoms with Gasteiger partial charge in [-0.3, -0.25) is 18.8 Å². The molecule has 0 bridgehead atoms. The number of anilines is 2. The molecule has 4 rings (SSSR count). The number of fused-ring (bicyclic) bond motifs is 1. The molecule has 3 heterocycles. The number of benzene rings is 1. The van der Waals surface area contributed by atoms with E-state index < -0.39 is 5.97 Å². The summed E-state index contributed by atoms with van der Waals surface area (Å²) in [6.45, 7) is 4.47. The van der Waals surface area contributed by atoms with Gasteiger partial charge < -0.3 is 19.9 Å². The molecule has 0 radical (unpaired) electrons. The van der Waals surface area contributed by atoms with Crippen LogP contribution in [0, 0.1) is 0 Å². The summed E-state index contributed by atoms with van der Waals surface area (Å²) in [4.78, 5) is 46.0. The molecule has 9 heteroatoms. The maximum atomic E-state index is 13.2. The van der Waals surface area contributed by atoms with E-state index in [1.165, 1.54) is 10.6 Å². The van der Waals surface area contributed by atoms with Gasteiger partial charge in [0.25, 0.3) is 11.5 Å². The predicted octanol–water partition coefficient (Wildman–Crippen LogP) is 1.63. The number of amides is 1. The van der Waals surface area contributed by atoms with Gasteiger partial charge in [-0.15, -0.1) is 0 Å². The van der Waals surface area contributed by atoms with E-state index in [1.807, 2.05) is 18.2 Å². The SMILES string of the molecule is CCOC(=O)CNc1cnc2c(C(=O)N3CCN(c4ccccc4)CC3)cccn2c1=O. The minimum Gasteiger partial charge on any atom is -0.465 e. The van der Waals surface area contributed by atoms with Gasteiger partial charge in [0.05, 0.1) is 18.4 Å². The van der Waals surface area contributed by atoms with Crippen LogP contribution in [0.4, 0.5) is 11.4 Å². The first kappa shape index (κ1) is 21.4. The van der Waals surface area contributed by atoms with Crippen LogP contribution in [-0.4, -0.2) is 65.5 Å². The summed E-state index contributed by atoms with van der Waals surface area (Å²) >= 11 is 0. The molecule has 3 aromatic rings. The van der Waals surface area contributed by atoms with Crippen molar-refractivity contribution >= 4 is 28.9 Å². The summed E-state index contributed by atoms with van der Waals surface area (Å²) in [6.07, 6.45) is 2.91. The third-order valence-electron chi connectivity index (χ3n) is 5.38. The minimum atomic E-state index is -0.462. The maximum absolute atomic E-state index is 13.2. The fraction of sp³-hybridized carbons (Fsp3) is 0.304. The third kappa shape index (κ3) is 4.41. The summed E-state index contributed by atoms with van der Waals surface area (Å²) in [7, 11) is 0. The molecule has 0 unspecified atom stereocenters. The number of nitrogens with one attached hydrogen (secondary N) is 1. The van der Waals surface area contributed by atoms with E-state index in [9.17, 15) is 14.4 Å². The Morgan fingerprint density at radius 3 is 2.53 bits per heavy atom. The van der Waals surface area contributed by atoms with Gasteiger partial charge in [0.1, 0.15) is 12.2 Å². The molecule has 1 aromatic carbocycles. The zero-order valence-electron chi connectivity index (χ0n) is 17.9. The van der Waals surface area contributed by atoms with Gasteiger partial charge in [-0.05, 0) is 31.2 Å². The Bertz CT molecular complexity index is 1170. The number of hydrogen-bond donors (Lipinski definition) is 1. The maximum Gasteiger partial charge on any atom is 0.325 e. The van der Waals surface area contributed by atoms with E-state index in [0.29, 0.717) is 18.7 Å². The summed E-state index contributed by atoms with van der Waals surface area (Å²) in [5.41, 5.74) is 1.57. The Kier molecular flexibility index (Phi) is 6.34. The normalized spacial score (nSPS) is 13.8. The fourth-order valence-corrected chi connectivity index (χ4v) is 3.75. The molecule has 1 aliphatic heterocycles. The van der Waals surface area contributed by atoms with Crippen molar-refractivity contribution in [2.45, 2.75) is 6.92 Å². The number of pyridine rings is 1. The van der Waals surface area contributed by atoms with Crippen molar-refractivity contribution in [3.63, 3.8) is 0 Å². The van der Waals surface area contributed by atoms with Gasteiger partial charge in [0, 0.05) is 38.1 Å². The average Bonchev–Trinajstić information content (AvgIpc) is 2.84. The monoisotopic (exact) mass is 435 g/mol. The Balaban J connectivity index is 1.50. The lowest BCUT2D eigenvalue weighted by Gasteiger charge is -2.36. The molecule has 166 valence electrons. The molecule has 1 saturated heterocycles. The molecule has 1 amide bonds. The molecule has 0 atom stereocenters. The second-order valence-electron chi connectivity index (χ2n) is 7.37. The number of hydrogen-bond acceptors (Lipinski definition) is 7. The Morgan fingerprint density at radius 1 is 1.06 bits per heavy atom. The van der Waals surface area contributed by atoms with Gasteiger partial charge in [-0.2, -0.15) is 0 Å². The minimum absolute atomic E-state index is 0.138. The zero-order valence-corrected chi connectivity index (χ0v) is 17.9. The van der Waals surface area contributed by atoms with Gasteiger partial charge >= 0.3 is 5.97 Å². The van der Waals surface area contributed by atoms with E-state index in [1.54, 1.807) is 30.2 Å². The first-order chi connectivity index (χ1) is 15.6. The number of nitrogens with zero attached hydrogens (tertiary/aromatic N) is 4. The van der Waals surface area contributed by atoms with Crippen molar-refractivity contribution in [1.29, 1.82) is 0 Å². The van der Waals surface area contributed by atoms with Crippen molar-refractivity contribution in [2.75, 3.05) is 49.5 Å². The van der Waals surface area contributed by atoms with Crippen LogP contribution in [0.2, 0.25) is 0 Å². The summed E-state index contributed by atoms with van der Waals surface area (Å²) in [5.74, 6) is -0.620. The van der Waals surface area contributed by atoms with Crippen LogP contribution in [-0.2, 0) is 9.53 Å². The molecular formula is C23H25N5O4. The van der Waals surface area contributed by atoms with E-state index in [4.69, 9.17) is 4.74 Å². The zero-order chi connectivity index (χ0) is 22.5. The second-order valence-corrected chi connectivity index (χ2v) is 7.37. The number of esters is 1. The lowest BCUT2D eigenvalue weighted by Crippen LogP contribution is -2.49. The number of rotatable bonds is 6. The molecule has 2 aromatic heterocycles. The van der Waals surface area contributed by atoms with Gasteiger partial charge in [0.15, 0.2) is 5.65 Å². The first-order valence-electron chi connectivity index (χ1n) is 10.6. The third-order valence-corrected chi connectivity index (χ3v) is 5.38. The van der Waals surface area contributed by atoms with Crippen molar-refractivity contribution in [2.24, 2.45) is 0 Å². The quantitative estimate of drug-likeness (QED) is 0.588. The number of para-hydroxylation sites is 1. The van der Waals surface area contributed by atoms with Gasteiger partial charge in [-0.1, -0.05) is 18.2 Å².